The number of carbonyl (C=O) groups excluding carboxylic acids is 1. The minimum absolute atomic E-state index is 0.0569. The molecule has 1 unspecified atom stereocenters. The topological polar surface area (TPSA) is 49.8 Å². The maximum Gasteiger partial charge on any atom is 0.322 e. The van der Waals surface area contributed by atoms with Gasteiger partial charge in [-0.1, -0.05) is 30.3 Å². The van der Waals surface area contributed by atoms with Gasteiger partial charge in [0.15, 0.2) is 0 Å². The highest BCUT2D eigenvalue weighted by Crippen LogP contribution is 2.07. The summed E-state index contributed by atoms with van der Waals surface area (Å²) in [6, 6.07) is 9.55. The second-order valence-electron chi connectivity index (χ2n) is 3.66. The molecule has 1 aromatic carbocycles. The first kappa shape index (κ1) is 12.7. The number of rotatable bonds is 5. The van der Waals surface area contributed by atoms with E-state index in [2.05, 4.69) is 0 Å². The number of likely N-dealkylation sites (N-methyl/N-ethyl adjacent to an activating group) is 1. The van der Waals surface area contributed by atoms with Gasteiger partial charge in [-0.25, -0.2) is 0 Å². The van der Waals surface area contributed by atoms with Crippen LogP contribution in [-0.4, -0.2) is 35.8 Å². The second-order valence-corrected chi connectivity index (χ2v) is 3.66. The molecule has 0 saturated heterocycles. The number of carbonyl (C=O) groups is 1. The molecule has 0 spiro atoms. The fourth-order valence-corrected chi connectivity index (χ4v) is 1.47. The number of hydrogen-bond acceptors (Lipinski definition) is 4. The van der Waals surface area contributed by atoms with Gasteiger partial charge in [0.05, 0.1) is 12.6 Å². The molecule has 0 heterocycles. The van der Waals surface area contributed by atoms with E-state index < -0.39 is 0 Å². The summed E-state index contributed by atoms with van der Waals surface area (Å²) in [6.45, 7) is 1.28. The summed E-state index contributed by atoms with van der Waals surface area (Å²) in [4.78, 5) is 15.7. The minimum atomic E-state index is -0.381. The molecular weight excluding hydrogens is 206 g/mol. The van der Waals surface area contributed by atoms with E-state index in [1.54, 1.807) is 7.05 Å². The van der Waals surface area contributed by atoms with Crippen LogP contribution in [-0.2, 0) is 16.1 Å². The molecule has 88 valence electrons. The average Bonchev–Trinajstić information content (AvgIpc) is 2.26. The van der Waals surface area contributed by atoms with Crippen LogP contribution in [0.1, 0.15) is 12.5 Å². The molecule has 0 aliphatic rings. The maximum absolute atomic E-state index is 10.8. The average molecular weight is 223 g/mol. The normalized spacial score (nSPS) is 12.5. The minimum Gasteiger partial charge on any atom is -0.395 e. The number of hydrogen-bond donors (Lipinski definition) is 1. The van der Waals surface area contributed by atoms with Crippen LogP contribution in [0.2, 0.25) is 0 Å². The Hall–Kier alpha value is -1.39. The Balaban J connectivity index is 2.58. The predicted octanol–water partition coefficient (Wildman–Crippen LogP) is 1.000. The highest BCUT2D eigenvalue weighted by molar-refractivity contribution is 5.65. The van der Waals surface area contributed by atoms with Crippen LogP contribution in [0.25, 0.3) is 0 Å². The quantitative estimate of drug-likeness (QED) is 0.757. The van der Waals surface area contributed by atoms with E-state index >= 15 is 0 Å². The number of nitrogens with zero attached hydrogens (tertiary/aromatic N) is 1. The summed E-state index contributed by atoms with van der Waals surface area (Å²) in [7, 11) is 1.64. The van der Waals surface area contributed by atoms with Crippen molar-refractivity contribution in [3.8, 4) is 0 Å². The highest BCUT2D eigenvalue weighted by atomic mass is 16.7. The number of aliphatic hydroxyl groups excluding tert-OH is 1. The molecule has 0 aliphatic carbocycles. The predicted molar refractivity (Wildman–Crippen MR) is 60.5 cm³/mol. The van der Waals surface area contributed by atoms with Crippen LogP contribution in [0.4, 0.5) is 0 Å². The molecule has 0 aromatic heterocycles. The lowest BCUT2D eigenvalue weighted by Crippen LogP contribution is -2.37. The third kappa shape index (κ3) is 4.00. The van der Waals surface area contributed by atoms with Gasteiger partial charge in [-0.3, -0.25) is 4.79 Å². The lowest BCUT2D eigenvalue weighted by atomic mass is 10.1. The number of aliphatic hydroxyl groups is 1. The molecule has 1 N–H and O–H groups in total. The fraction of sp³-hybridized carbons (Fsp3) is 0.417. The molecule has 1 atom stereocenters. The zero-order valence-electron chi connectivity index (χ0n) is 9.59. The van der Waals surface area contributed by atoms with Crippen LogP contribution in [0.15, 0.2) is 30.3 Å². The monoisotopic (exact) mass is 223 g/mol. The second kappa shape index (κ2) is 6.25. The number of hydroxylamine groups is 2. The largest absolute Gasteiger partial charge is 0.395 e. The lowest BCUT2D eigenvalue weighted by Gasteiger charge is -2.24. The van der Waals surface area contributed by atoms with E-state index in [1.807, 2.05) is 30.3 Å². The van der Waals surface area contributed by atoms with Gasteiger partial charge in [-0.2, -0.15) is 0 Å². The summed E-state index contributed by atoms with van der Waals surface area (Å²) < 4.78 is 0. The molecule has 4 nitrogen and oxygen atoms in total. The molecule has 1 rings (SSSR count). The van der Waals surface area contributed by atoms with Crippen molar-refractivity contribution in [2.75, 3.05) is 13.7 Å². The molecule has 0 fully saturated rings. The molecule has 0 bridgehead atoms. The van der Waals surface area contributed by atoms with Gasteiger partial charge in [-0.05, 0) is 12.0 Å². The van der Waals surface area contributed by atoms with E-state index in [0.29, 0.717) is 6.42 Å². The van der Waals surface area contributed by atoms with E-state index in [9.17, 15) is 9.90 Å². The molecule has 1 aromatic rings. The Labute approximate surface area is 95.4 Å². The molecular formula is C12H17NO3. The first-order valence-corrected chi connectivity index (χ1v) is 5.19. The van der Waals surface area contributed by atoms with Gasteiger partial charge >= 0.3 is 5.97 Å². The van der Waals surface area contributed by atoms with E-state index in [0.717, 1.165) is 5.56 Å². The third-order valence-electron chi connectivity index (χ3n) is 2.31. The highest BCUT2D eigenvalue weighted by Gasteiger charge is 2.16. The smallest absolute Gasteiger partial charge is 0.322 e. The lowest BCUT2D eigenvalue weighted by molar-refractivity contribution is -0.194. The molecule has 0 saturated carbocycles. The van der Waals surface area contributed by atoms with Crippen LogP contribution >= 0.6 is 0 Å². The Bertz CT molecular complexity index is 326. The van der Waals surface area contributed by atoms with Gasteiger partial charge in [0, 0.05) is 14.0 Å². The summed E-state index contributed by atoms with van der Waals surface area (Å²) in [6.07, 6.45) is 0.640. The summed E-state index contributed by atoms with van der Waals surface area (Å²) in [5.41, 5.74) is 1.10. The molecule has 0 aliphatic heterocycles. The zero-order valence-corrected chi connectivity index (χ0v) is 9.59. The van der Waals surface area contributed by atoms with Crippen molar-refractivity contribution in [1.82, 2.24) is 5.06 Å². The van der Waals surface area contributed by atoms with Crippen molar-refractivity contribution < 1.29 is 14.7 Å². The van der Waals surface area contributed by atoms with Crippen molar-refractivity contribution in [2.24, 2.45) is 0 Å². The van der Waals surface area contributed by atoms with Gasteiger partial charge in [-0.15, -0.1) is 5.06 Å². The van der Waals surface area contributed by atoms with Crippen molar-refractivity contribution >= 4 is 5.97 Å². The van der Waals surface area contributed by atoms with Crippen LogP contribution in [0, 0.1) is 0 Å². The first-order chi connectivity index (χ1) is 7.63. The van der Waals surface area contributed by atoms with Crippen molar-refractivity contribution in [3.05, 3.63) is 35.9 Å². The van der Waals surface area contributed by atoms with Crippen LogP contribution in [0.5, 0.6) is 0 Å². The summed E-state index contributed by atoms with van der Waals surface area (Å²) in [5, 5.41) is 10.6. The van der Waals surface area contributed by atoms with E-state index in [4.69, 9.17) is 4.84 Å². The van der Waals surface area contributed by atoms with Crippen molar-refractivity contribution in [2.45, 2.75) is 19.4 Å². The van der Waals surface area contributed by atoms with Crippen molar-refractivity contribution in [3.63, 3.8) is 0 Å². The molecule has 0 amide bonds. The fourth-order valence-electron chi connectivity index (χ4n) is 1.47. The van der Waals surface area contributed by atoms with Crippen LogP contribution < -0.4 is 0 Å². The maximum atomic E-state index is 10.8. The van der Waals surface area contributed by atoms with Gasteiger partial charge < -0.3 is 9.94 Å². The van der Waals surface area contributed by atoms with Crippen LogP contribution in [0.3, 0.4) is 0 Å². The Morgan fingerprint density at radius 3 is 2.56 bits per heavy atom. The Morgan fingerprint density at radius 2 is 2.06 bits per heavy atom. The SMILES string of the molecule is CC(=O)ON(C)C(CO)Cc1ccccc1. The molecule has 4 heteroatoms. The molecule has 16 heavy (non-hydrogen) atoms. The standard InChI is InChI=1S/C12H17NO3/c1-10(15)16-13(2)12(9-14)8-11-6-4-3-5-7-11/h3-7,12,14H,8-9H2,1-2H3. The van der Waals surface area contributed by atoms with E-state index in [1.165, 1.54) is 12.0 Å². The van der Waals surface area contributed by atoms with Gasteiger partial charge in [0.2, 0.25) is 0 Å². The van der Waals surface area contributed by atoms with Gasteiger partial charge in [0.25, 0.3) is 0 Å². The third-order valence-corrected chi connectivity index (χ3v) is 2.31. The first-order valence-electron chi connectivity index (χ1n) is 5.19. The Kier molecular flexibility index (Phi) is 4.95. The summed E-state index contributed by atoms with van der Waals surface area (Å²) in [5.74, 6) is -0.381. The number of benzene rings is 1. The van der Waals surface area contributed by atoms with Crippen molar-refractivity contribution in [1.29, 1.82) is 0 Å². The van der Waals surface area contributed by atoms with E-state index in [-0.39, 0.29) is 18.6 Å². The Morgan fingerprint density at radius 1 is 1.44 bits per heavy atom. The summed E-state index contributed by atoms with van der Waals surface area (Å²) >= 11 is 0. The molecule has 0 radical (unpaired) electrons. The zero-order chi connectivity index (χ0) is 12.0. The van der Waals surface area contributed by atoms with Gasteiger partial charge in [0.1, 0.15) is 0 Å².